The largest absolute Gasteiger partial charge is 0.484 e. The normalized spacial score (nSPS) is 12.4. The summed E-state index contributed by atoms with van der Waals surface area (Å²) in [5, 5.41) is 12.7. The molecule has 0 saturated carbocycles. The van der Waals surface area contributed by atoms with Crippen LogP contribution in [0.5, 0.6) is 5.75 Å². The van der Waals surface area contributed by atoms with E-state index in [0.29, 0.717) is 30.4 Å². The first-order valence-electron chi connectivity index (χ1n) is 10.0. The predicted molar refractivity (Wildman–Crippen MR) is 122 cm³/mol. The zero-order valence-electron chi connectivity index (χ0n) is 18.2. The molecule has 162 valence electrons. The average Bonchev–Trinajstić information content (AvgIpc) is 2.68. The van der Waals surface area contributed by atoms with Gasteiger partial charge in [-0.25, -0.2) is 9.97 Å². The number of aromatic nitrogens is 2. The van der Waals surface area contributed by atoms with Crippen molar-refractivity contribution in [3.05, 3.63) is 23.7 Å². The van der Waals surface area contributed by atoms with E-state index in [9.17, 15) is 5.11 Å². The number of hydrogen-bond acceptors (Lipinski definition) is 6. The van der Waals surface area contributed by atoms with Gasteiger partial charge in [-0.1, -0.05) is 41.5 Å². The lowest BCUT2D eigenvalue weighted by molar-refractivity contribution is 0.276. The molecule has 0 amide bonds. The summed E-state index contributed by atoms with van der Waals surface area (Å²) in [4.78, 5) is 12.9. The average molecular weight is 395 g/mol. The van der Waals surface area contributed by atoms with Crippen LogP contribution in [0.15, 0.2) is 22.8 Å². The smallest absolute Gasteiger partial charge is 0.180 e. The van der Waals surface area contributed by atoms with Gasteiger partial charge in [0.2, 0.25) is 0 Å². The highest BCUT2D eigenvalue weighted by molar-refractivity contribution is 5.93. The van der Waals surface area contributed by atoms with Gasteiger partial charge in [-0.3, -0.25) is 4.99 Å². The van der Waals surface area contributed by atoms with Gasteiger partial charge in [-0.05, 0) is 44.8 Å². The Morgan fingerprint density at radius 2 is 2.00 bits per heavy atom. The molecule has 0 aliphatic heterocycles. The fraction of sp³-hybridized carbons (Fsp3) is 0.682. The maximum absolute atomic E-state index is 9.26. The third kappa shape index (κ3) is 11.0. The van der Waals surface area contributed by atoms with Crippen LogP contribution in [0.1, 0.15) is 73.6 Å². The summed E-state index contributed by atoms with van der Waals surface area (Å²) in [6.07, 6.45) is 7.34. The van der Waals surface area contributed by atoms with Gasteiger partial charge < -0.3 is 15.2 Å². The third-order valence-corrected chi connectivity index (χ3v) is 3.96. The first-order chi connectivity index (χ1) is 13.0. The summed E-state index contributed by atoms with van der Waals surface area (Å²) in [7, 11) is 1.78. The van der Waals surface area contributed by atoms with Crippen molar-refractivity contribution in [1.29, 1.82) is 0 Å². The van der Waals surface area contributed by atoms with Crippen LogP contribution >= 0.6 is 0 Å². The van der Waals surface area contributed by atoms with Crippen LogP contribution in [0.2, 0.25) is 0 Å². The fourth-order valence-corrected chi connectivity index (χ4v) is 2.43. The van der Waals surface area contributed by atoms with Gasteiger partial charge in [-0.15, -0.1) is 0 Å². The monoisotopic (exact) mass is 394 g/mol. The lowest BCUT2D eigenvalue weighted by Crippen LogP contribution is -2.22. The molecule has 28 heavy (non-hydrogen) atoms. The van der Waals surface area contributed by atoms with Crippen molar-refractivity contribution in [3.8, 4) is 5.75 Å². The number of allylic oxidation sites excluding steroid dienone is 1. The maximum atomic E-state index is 9.26. The summed E-state index contributed by atoms with van der Waals surface area (Å²) in [5.74, 6) is 2.01. The van der Waals surface area contributed by atoms with E-state index >= 15 is 0 Å². The van der Waals surface area contributed by atoms with E-state index in [1.165, 1.54) is 0 Å². The van der Waals surface area contributed by atoms with Gasteiger partial charge >= 0.3 is 0 Å². The van der Waals surface area contributed by atoms with E-state index in [1.54, 1.807) is 13.2 Å². The zero-order chi connectivity index (χ0) is 20.7. The lowest BCUT2D eigenvalue weighted by Gasteiger charge is -2.20. The standard InChI is InChI=1S/C19H32N4O2.C2H6.CH4/c1-6-8-17(9-10-24)23-19-18(12-21-15(4)22-19)25-13-16(7-2)11-14(3)20-5;1-2;/h11-12,17,24H,6-10,13H2,1-5H3,(H,21,22,23);1-2H3;1H4/b16-11+,20-14?;;. The van der Waals surface area contributed by atoms with Crippen LogP contribution in [-0.2, 0) is 0 Å². The fourth-order valence-electron chi connectivity index (χ4n) is 2.43. The Kier molecular flexibility index (Phi) is 17.3. The second-order valence-corrected chi connectivity index (χ2v) is 6.08. The van der Waals surface area contributed by atoms with Crippen molar-refractivity contribution < 1.29 is 9.84 Å². The van der Waals surface area contributed by atoms with E-state index in [4.69, 9.17) is 4.74 Å². The molecule has 0 aromatic carbocycles. The topological polar surface area (TPSA) is 79.6 Å². The van der Waals surface area contributed by atoms with Gasteiger partial charge in [-0.2, -0.15) is 0 Å². The molecule has 0 aliphatic rings. The number of aliphatic hydroxyl groups is 1. The van der Waals surface area contributed by atoms with Crippen LogP contribution in [0, 0.1) is 6.92 Å². The number of anilines is 1. The van der Waals surface area contributed by atoms with Crippen LogP contribution in [0.4, 0.5) is 5.82 Å². The highest BCUT2D eigenvalue weighted by Gasteiger charge is 2.13. The van der Waals surface area contributed by atoms with Crippen molar-refractivity contribution in [3.63, 3.8) is 0 Å². The molecule has 0 spiro atoms. The van der Waals surface area contributed by atoms with Crippen LogP contribution in [0.3, 0.4) is 0 Å². The Balaban J connectivity index is 0. The molecule has 1 aromatic rings. The van der Waals surface area contributed by atoms with E-state index in [1.807, 2.05) is 33.8 Å². The number of hydrogen-bond donors (Lipinski definition) is 2. The van der Waals surface area contributed by atoms with E-state index in [-0.39, 0.29) is 20.1 Å². The summed E-state index contributed by atoms with van der Waals surface area (Å²) in [5.41, 5.74) is 2.14. The number of aliphatic hydroxyl groups excluding tert-OH is 1. The Morgan fingerprint density at radius 3 is 2.54 bits per heavy atom. The molecule has 1 rings (SSSR count). The number of aliphatic imine (C=N–C) groups is 1. The maximum Gasteiger partial charge on any atom is 0.180 e. The number of aryl methyl sites for hydroxylation is 1. The lowest BCUT2D eigenvalue weighted by atomic mass is 10.1. The SMILES string of the molecule is C.CC.CCCC(CCO)Nc1nc(C)ncc1OC/C(=C/C(C)=NC)CC. The first-order valence-corrected chi connectivity index (χ1v) is 10.0. The molecule has 6 heteroatoms. The minimum Gasteiger partial charge on any atom is -0.484 e. The predicted octanol–water partition coefficient (Wildman–Crippen LogP) is 5.22. The molecule has 0 saturated heterocycles. The van der Waals surface area contributed by atoms with E-state index < -0.39 is 0 Å². The molecular weight excluding hydrogens is 352 g/mol. The molecule has 0 radical (unpaired) electrons. The van der Waals surface area contributed by atoms with Crippen molar-refractivity contribution in [1.82, 2.24) is 9.97 Å². The quantitative estimate of drug-likeness (QED) is 0.503. The summed E-state index contributed by atoms with van der Waals surface area (Å²) < 4.78 is 5.97. The molecule has 0 bridgehead atoms. The molecule has 6 nitrogen and oxygen atoms in total. The number of rotatable bonds is 11. The van der Waals surface area contributed by atoms with Gasteiger partial charge in [0.25, 0.3) is 0 Å². The van der Waals surface area contributed by atoms with Crippen molar-refractivity contribution in [2.45, 2.75) is 80.7 Å². The molecule has 0 fully saturated rings. The van der Waals surface area contributed by atoms with Crippen molar-refractivity contribution >= 4 is 11.5 Å². The van der Waals surface area contributed by atoms with Gasteiger partial charge in [0.15, 0.2) is 11.6 Å². The number of nitrogens with one attached hydrogen (secondary N) is 1. The van der Waals surface area contributed by atoms with E-state index in [0.717, 1.165) is 30.5 Å². The second-order valence-electron chi connectivity index (χ2n) is 6.08. The Hall–Kier alpha value is -1.95. The van der Waals surface area contributed by atoms with Gasteiger partial charge in [0.1, 0.15) is 12.4 Å². The van der Waals surface area contributed by atoms with Gasteiger partial charge in [0, 0.05) is 25.4 Å². The molecule has 0 aliphatic carbocycles. The molecule has 1 aromatic heterocycles. The second kappa shape index (κ2) is 17.2. The van der Waals surface area contributed by atoms with Crippen molar-refractivity contribution in [2.24, 2.45) is 4.99 Å². The Bertz CT molecular complexity index is 580. The third-order valence-electron chi connectivity index (χ3n) is 3.96. The number of nitrogens with zero attached hydrogens (tertiary/aromatic N) is 3. The Labute approximate surface area is 172 Å². The Morgan fingerprint density at radius 1 is 1.32 bits per heavy atom. The molecule has 1 atom stereocenters. The van der Waals surface area contributed by atoms with Crippen LogP contribution in [0.25, 0.3) is 0 Å². The first kappa shape index (κ1) is 28.3. The van der Waals surface area contributed by atoms with Crippen LogP contribution in [-0.4, -0.2) is 47.1 Å². The summed E-state index contributed by atoms with van der Waals surface area (Å²) in [6, 6.07) is 0.169. The van der Waals surface area contributed by atoms with E-state index in [2.05, 4.69) is 34.1 Å². The highest BCUT2D eigenvalue weighted by Crippen LogP contribution is 2.24. The highest BCUT2D eigenvalue weighted by atomic mass is 16.5. The summed E-state index contributed by atoms with van der Waals surface area (Å²) >= 11 is 0. The van der Waals surface area contributed by atoms with Crippen molar-refractivity contribution in [2.75, 3.05) is 25.6 Å². The minimum atomic E-state index is 0. The molecule has 2 N–H and O–H groups in total. The zero-order valence-corrected chi connectivity index (χ0v) is 18.2. The minimum absolute atomic E-state index is 0. The molecular formula is C22H42N4O2. The molecule has 1 heterocycles. The molecule has 1 unspecified atom stereocenters. The van der Waals surface area contributed by atoms with Gasteiger partial charge in [0.05, 0.1) is 6.20 Å². The number of ether oxygens (including phenoxy) is 1. The van der Waals surface area contributed by atoms with Crippen LogP contribution < -0.4 is 10.1 Å². The summed E-state index contributed by atoms with van der Waals surface area (Å²) in [6.45, 7) is 12.7.